The van der Waals surface area contributed by atoms with Crippen molar-refractivity contribution in [3.63, 3.8) is 0 Å². The van der Waals surface area contributed by atoms with E-state index in [1.54, 1.807) is 6.20 Å². The smallest absolute Gasteiger partial charge is 0.0921 e. The molecule has 0 aliphatic rings. The van der Waals surface area contributed by atoms with Gasteiger partial charge in [0.15, 0.2) is 0 Å². The maximum Gasteiger partial charge on any atom is 0.0921 e. The maximum atomic E-state index is 10.3. The maximum absolute atomic E-state index is 10.3. The van der Waals surface area contributed by atoms with E-state index in [0.29, 0.717) is 12.6 Å². The summed E-state index contributed by atoms with van der Waals surface area (Å²) >= 11 is 0. The average Bonchev–Trinajstić information content (AvgIpc) is 2.82. The lowest BCUT2D eigenvalue weighted by molar-refractivity contribution is 0.159. The van der Waals surface area contributed by atoms with Crippen molar-refractivity contribution in [2.45, 2.75) is 39.8 Å². The van der Waals surface area contributed by atoms with Gasteiger partial charge in [-0.2, -0.15) is 5.10 Å². The zero-order chi connectivity index (χ0) is 14.0. The fourth-order valence-electron chi connectivity index (χ4n) is 1.99. The average molecular weight is 261 g/mol. The second-order valence-corrected chi connectivity index (χ2v) is 6.19. The molecule has 104 valence electrons. The third-order valence-electron chi connectivity index (χ3n) is 3.79. The van der Waals surface area contributed by atoms with E-state index in [4.69, 9.17) is 0 Å². The Bertz CT molecular complexity index is 542. The van der Waals surface area contributed by atoms with E-state index in [1.165, 1.54) is 0 Å². The van der Waals surface area contributed by atoms with Gasteiger partial charge in [-0.1, -0.05) is 32.9 Å². The van der Waals surface area contributed by atoms with Crippen molar-refractivity contribution in [2.24, 2.45) is 5.41 Å². The Morgan fingerprint density at radius 1 is 1.37 bits per heavy atom. The highest BCUT2D eigenvalue weighted by Crippen LogP contribution is 2.23. The molecule has 1 aromatic carbocycles. The summed E-state index contributed by atoms with van der Waals surface area (Å²) in [5.74, 6) is 0. The molecule has 0 fully saturated rings. The summed E-state index contributed by atoms with van der Waals surface area (Å²) < 4.78 is 0. The second kappa shape index (κ2) is 5.31. The Morgan fingerprint density at radius 3 is 2.79 bits per heavy atom. The number of nitrogens with zero attached hydrogens (tertiary/aromatic N) is 1. The third kappa shape index (κ3) is 3.14. The van der Waals surface area contributed by atoms with E-state index >= 15 is 0 Å². The van der Waals surface area contributed by atoms with Crippen molar-refractivity contribution in [1.29, 1.82) is 0 Å². The Labute approximate surface area is 114 Å². The Kier molecular flexibility index (Phi) is 3.92. The molecule has 0 unspecified atom stereocenters. The van der Waals surface area contributed by atoms with Gasteiger partial charge in [-0.3, -0.25) is 5.10 Å². The van der Waals surface area contributed by atoms with Crippen LogP contribution in [0.5, 0.6) is 0 Å². The van der Waals surface area contributed by atoms with E-state index in [9.17, 15) is 5.11 Å². The molecule has 2 atom stereocenters. The van der Waals surface area contributed by atoms with Gasteiger partial charge in [0, 0.05) is 18.0 Å². The van der Waals surface area contributed by atoms with E-state index in [2.05, 4.69) is 43.2 Å². The van der Waals surface area contributed by atoms with Gasteiger partial charge in [0.1, 0.15) is 0 Å². The summed E-state index contributed by atoms with van der Waals surface area (Å²) in [6.45, 7) is 9.25. The molecular weight excluding hydrogens is 238 g/mol. The lowest BCUT2D eigenvalue weighted by atomic mass is 9.88. The number of aliphatic hydroxyl groups excluding tert-OH is 1. The predicted molar refractivity (Wildman–Crippen MR) is 78.0 cm³/mol. The molecule has 0 aliphatic carbocycles. The molecule has 3 N–H and O–H groups in total. The molecule has 0 spiro atoms. The Hall–Kier alpha value is -1.39. The van der Waals surface area contributed by atoms with Crippen LogP contribution in [0, 0.1) is 5.41 Å². The summed E-state index contributed by atoms with van der Waals surface area (Å²) in [6, 6.07) is 6.19. The van der Waals surface area contributed by atoms with E-state index < -0.39 is 6.10 Å². The van der Waals surface area contributed by atoms with Crippen molar-refractivity contribution in [1.82, 2.24) is 15.5 Å². The molecule has 2 rings (SSSR count). The zero-order valence-corrected chi connectivity index (χ0v) is 12.1. The van der Waals surface area contributed by atoms with Crippen molar-refractivity contribution >= 4 is 10.9 Å². The summed E-state index contributed by atoms with van der Waals surface area (Å²) in [5, 5.41) is 21.7. The van der Waals surface area contributed by atoms with Gasteiger partial charge in [-0.15, -0.1) is 0 Å². The minimum absolute atomic E-state index is 0.182. The zero-order valence-electron chi connectivity index (χ0n) is 12.1. The number of H-pyrrole nitrogens is 1. The van der Waals surface area contributed by atoms with E-state index in [-0.39, 0.29) is 5.41 Å². The standard InChI is InChI=1S/C15H23N3O/c1-10(15(2,3)4)16-9-14(19)11-6-5-7-13-12(11)8-17-18-13/h5-8,10,14,16,19H,9H2,1-4H3,(H,17,18)/t10-,14+/m1/s1. The van der Waals surface area contributed by atoms with Crippen molar-refractivity contribution < 1.29 is 5.11 Å². The molecule has 4 nitrogen and oxygen atoms in total. The molecule has 0 aliphatic heterocycles. The quantitative estimate of drug-likeness (QED) is 0.793. The first-order chi connectivity index (χ1) is 8.89. The fraction of sp³-hybridized carbons (Fsp3) is 0.533. The van der Waals surface area contributed by atoms with Crippen LogP contribution in [0.25, 0.3) is 10.9 Å². The van der Waals surface area contributed by atoms with E-state index in [1.807, 2.05) is 18.2 Å². The minimum atomic E-state index is -0.522. The first kappa shape index (κ1) is 14.0. The highest BCUT2D eigenvalue weighted by atomic mass is 16.3. The number of rotatable bonds is 4. The fourth-order valence-corrected chi connectivity index (χ4v) is 1.99. The van der Waals surface area contributed by atoms with Gasteiger partial charge in [-0.05, 0) is 24.0 Å². The van der Waals surface area contributed by atoms with Crippen molar-refractivity contribution in [3.05, 3.63) is 30.0 Å². The predicted octanol–water partition coefficient (Wildman–Crippen LogP) is 2.62. The van der Waals surface area contributed by atoms with Crippen LogP contribution in [0.1, 0.15) is 39.4 Å². The number of aromatic amines is 1. The second-order valence-electron chi connectivity index (χ2n) is 6.19. The van der Waals surface area contributed by atoms with Crippen LogP contribution in [0.15, 0.2) is 24.4 Å². The van der Waals surface area contributed by atoms with Crippen molar-refractivity contribution in [2.75, 3.05) is 6.54 Å². The number of nitrogens with one attached hydrogen (secondary N) is 2. The van der Waals surface area contributed by atoms with Gasteiger partial charge in [-0.25, -0.2) is 0 Å². The van der Waals surface area contributed by atoms with E-state index in [0.717, 1.165) is 16.5 Å². The molecule has 19 heavy (non-hydrogen) atoms. The lowest BCUT2D eigenvalue weighted by Gasteiger charge is -2.29. The van der Waals surface area contributed by atoms with Gasteiger partial charge >= 0.3 is 0 Å². The normalized spacial score (nSPS) is 15.6. The molecule has 1 heterocycles. The molecule has 4 heteroatoms. The topological polar surface area (TPSA) is 60.9 Å². The molecule has 0 amide bonds. The van der Waals surface area contributed by atoms with Crippen LogP contribution < -0.4 is 5.32 Å². The molecule has 0 bridgehead atoms. The monoisotopic (exact) mass is 261 g/mol. The van der Waals surface area contributed by atoms with Crippen LogP contribution in [0.4, 0.5) is 0 Å². The highest BCUT2D eigenvalue weighted by molar-refractivity contribution is 5.81. The van der Waals surface area contributed by atoms with Crippen LogP contribution in [0.3, 0.4) is 0 Å². The first-order valence-electron chi connectivity index (χ1n) is 6.73. The van der Waals surface area contributed by atoms with Crippen molar-refractivity contribution in [3.8, 4) is 0 Å². The Morgan fingerprint density at radius 2 is 2.11 bits per heavy atom. The number of hydrogen-bond donors (Lipinski definition) is 3. The van der Waals surface area contributed by atoms with Gasteiger partial charge in [0.25, 0.3) is 0 Å². The first-order valence-corrected chi connectivity index (χ1v) is 6.73. The SMILES string of the molecule is C[C@@H](NC[C@H](O)c1cccc2[nH]ncc12)C(C)(C)C. The summed E-state index contributed by atoms with van der Waals surface area (Å²) in [7, 11) is 0. The van der Waals surface area contributed by atoms with Gasteiger partial charge in [0.05, 0.1) is 17.8 Å². The number of hydrogen-bond acceptors (Lipinski definition) is 3. The largest absolute Gasteiger partial charge is 0.387 e. The van der Waals surface area contributed by atoms with Crippen LogP contribution in [-0.4, -0.2) is 27.9 Å². The Balaban J connectivity index is 2.08. The highest BCUT2D eigenvalue weighted by Gasteiger charge is 2.21. The number of aromatic nitrogens is 2. The lowest BCUT2D eigenvalue weighted by Crippen LogP contribution is -2.39. The summed E-state index contributed by atoms with van der Waals surface area (Å²) in [4.78, 5) is 0. The van der Waals surface area contributed by atoms with Gasteiger partial charge < -0.3 is 10.4 Å². The molecule has 0 radical (unpaired) electrons. The molecule has 2 aromatic rings. The van der Waals surface area contributed by atoms with Crippen LogP contribution in [0.2, 0.25) is 0 Å². The number of benzene rings is 1. The summed E-state index contributed by atoms with van der Waals surface area (Å²) in [6.07, 6.45) is 1.24. The third-order valence-corrected chi connectivity index (χ3v) is 3.79. The van der Waals surface area contributed by atoms with Crippen LogP contribution >= 0.6 is 0 Å². The van der Waals surface area contributed by atoms with Crippen LogP contribution in [-0.2, 0) is 0 Å². The molecular formula is C15H23N3O. The van der Waals surface area contributed by atoms with Gasteiger partial charge in [0.2, 0.25) is 0 Å². The minimum Gasteiger partial charge on any atom is -0.387 e. The number of aliphatic hydroxyl groups is 1. The number of fused-ring (bicyclic) bond motifs is 1. The molecule has 1 aromatic heterocycles. The molecule has 0 saturated heterocycles. The molecule has 0 saturated carbocycles. The summed E-state index contributed by atoms with van der Waals surface area (Å²) in [5.41, 5.74) is 2.06.